The van der Waals surface area contributed by atoms with E-state index in [-0.39, 0.29) is 17.2 Å². The molecule has 0 amide bonds. The average molecular weight is 222 g/mol. The molecular weight excluding hydrogens is 203 g/mol. The maximum atomic E-state index is 13.8. The van der Waals surface area contributed by atoms with Crippen LogP contribution in [0.4, 0.5) is 4.39 Å². The zero-order valence-corrected chi connectivity index (χ0v) is 10.1. The van der Waals surface area contributed by atoms with E-state index in [1.807, 2.05) is 6.92 Å². The van der Waals surface area contributed by atoms with Crippen LogP contribution < -0.4 is 0 Å². The number of halogens is 1. The molecule has 1 aliphatic rings. The van der Waals surface area contributed by atoms with Gasteiger partial charge in [0.15, 0.2) is 0 Å². The van der Waals surface area contributed by atoms with Gasteiger partial charge in [-0.2, -0.15) is 0 Å². The first-order valence-corrected chi connectivity index (χ1v) is 5.82. The summed E-state index contributed by atoms with van der Waals surface area (Å²) in [4.78, 5) is 0. The molecule has 0 radical (unpaired) electrons. The van der Waals surface area contributed by atoms with Gasteiger partial charge in [-0.1, -0.05) is 39.0 Å². The number of aliphatic hydroxyl groups is 1. The Morgan fingerprint density at radius 2 is 1.94 bits per heavy atom. The Kier molecular flexibility index (Phi) is 2.58. The predicted molar refractivity (Wildman–Crippen MR) is 62.5 cm³/mol. The largest absolute Gasteiger partial charge is 0.385 e. The van der Waals surface area contributed by atoms with E-state index in [0.717, 1.165) is 6.42 Å². The number of hydrogen-bond donors (Lipinski definition) is 1. The van der Waals surface area contributed by atoms with E-state index in [1.54, 1.807) is 18.2 Å². The van der Waals surface area contributed by atoms with Crippen LogP contribution in [0.25, 0.3) is 0 Å². The summed E-state index contributed by atoms with van der Waals surface area (Å²) < 4.78 is 13.8. The normalized spacial score (nSPS) is 32.9. The van der Waals surface area contributed by atoms with E-state index in [1.165, 1.54) is 6.07 Å². The third-order valence-corrected chi connectivity index (χ3v) is 3.76. The summed E-state index contributed by atoms with van der Waals surface area (Å²) in [5.41, 5.74) is -0.473. The second kappa shape index (κ2) is 3.56. The van der Waals surface area contributed by atoms with Crippen molar-refractivity contribution >= 4 is 0 Å². The first-order valence-electron chi connectivity index (χ1n) is 5.82. The van der Waals surface area contributed by atoms with E-state index in [9.17, 15) is 9.50 Å². The highest BCUT2D eigenvalue weighted by atomic mass is 19.1. The van der Waals surface area contributed by atoms with Gasteiger partial charge < -0.3 is 5.11 Å². The minimum Gasteiger partial charge on any atom is -0.385 e. The van der Waals surface area contributed by atoms with Crippen molar-refractivity contribution in [1.82, 2.24) is 0 Å². The molecule has 2 atom stereocenters. The molecule has 0 heterocycles. The van der Waals surface area contributed by atoms with Crippen LogP contribution in [0, 0.1) is 17.2 Å². The Balaban J connectivity index is 2.44. The van der Waals surface area contributed by atoms with Crippen LogP contribution in [0.3, 0.4) is 0 Å². The minimum atomic E-state index is -1.01. The lowest BCUT2D eigenvalue weighted by atomic mass is 9.83. The van der Waals surface area contributed by atoms with Gasteiger partial charge in [0.1, 0.15) is 5.82 Å². The van der Waals surface area contributed by atoms with Crippen molar-refractivity contribution in [2.45, 2.75) is 39.2 Å². The molecule has 16 heavy (non-hydrogen) atoms. The van der Waals surface area contributed by atoms with Crippen LogP contribution in [0.2, 0.25) is 0 Å². The molecule has 1 aliphatic carbocycles. The maximum absolute atomic E-state index is 13.8. The molecule has 0 bridgehead atoms. The molecule has 2 rings (SSSR count). The highest BCUT2D eigenvalue weighted by Crippen LogP contribution is 2.52. The zero-order valence-electron chi connectivity index (χ0n) is 10.1. The Labute approximate surface area is 96.3 Å². The van der Waals surface area contributed by atoms with Crippen LogP contribution in [0.5, 0.6) is 0 Å². The van der Waals surface area contributed by atoms with Gasteiger partial charge in [-0.25, -0.2) is 4.39 Å². The lowest BCUT2D eigenvalue weighted by Gasteiger charge is -2.29. The fraction of sp³-hybridized carbons (Fsp3) is 0.571. The summed E-state index contributed by atoms with van der Waals surface area (Å²) in [6.45, 7) is 6.26. The molecule has 1 aromatic rings. The van der Waals surface area contributed by atoms with E-state index in [2.05, 4.69) is 13.8 Å². The summed E-state index contributed by atoms with van der Waals surface area (Å²) in [6.07, 6.45) is 1.56. The highest BCUT2D eigenvalue weighted by molar-refractivity contribution is 5.27. The lowest BCUT2D eigenvalue weighted by Crippen LogP contribution is -2.30. The van der Waals surface area contributed by atoms with E-state index < -0.39 is 5.60 Å². The summed E-state index contributed by atoms with van der Waals surface area (Å²) in [6, 6.07) is 6.57. The molecule has 0 spiro atoms. The van der Waals surface area contributed by atoms with Gasteiger partial charge in [0, 0.05) is 5.56 Å². The van der Waals surface area contributed by atoms with Gasteiger partial charge in [-0.15, -0.1) is 0 Å². The van der Waals surface area contributed by atoms with Crippen molar-refractivity contribution in [3.63, 3.8) is 0 Å². The minimum absolute atomic E-state index is 0.0798. The number of benzene rings is 1. The van der Waals surface area contributed by atoms with Crippen LogP contribution in [-0.4, -0.2) is 5.11 Å². The molecule has 1 N–H and O–H groups in total. The molecule has 1 nitrogen and oxygen atoms in total. The first kappa shape index (κ1) is 11.6. The van der Waals surface area contributed by atoms with Gasteiger partial charge >= 0.3 is 0 Å². The van der Waals surface area contributed by atoms with E-state index >= 15 is 0 Å². The SMILES string of the molecule is CC1CC(C)(C)CC1(O)c1ccccc1F. The second-order valence-corrected chi connectivity index (χ2v) is 5.85. The molecule has 88 valence electrons. The third kappa shape index (κ3) is 1.75. The van der Waals surface area contributed by atoms with Gasteiger partial charge in [0.25, 0.3) is 0 Å². The summed E-state index contributed by atoms with van der Waals surface area (Å²) in [5.74, 6) is -0.200. The first-order chi connectivity index (χ1) is 7.35. The molecule has 1 fully saturated rings. The molecule has 0 aliphatic heterocycles. The molecule has 1 aromatic carbocycles. The smallest absolute Gasteiger partial charge is 0.129 e. The van der Waals surface area contributed by atoms with Crippen molar-refractivity contribution in [2.75, 3.05) is 0 Å². The van der Waals surface area contributed by atoms with Crippen LogP contribution in [-0.2, 0) is 5.60 Å². The molecule has 2 heteroatoms. The summed E-state index contributed by atoms with van der Waals surface area (Å²) in [7, 11) is 0. The quantitative estimate of drug-likeness (QED) is 0.771. The molecule has 1 saturated carbocycles. The van der Waals surface area contributed by atoms with Crippen LogP contribution in [0.1, 0.15) is 39.2 Å². The van der Waals surface area contributed by atoms with Crippen LogP contribution >= 0.6 is 0 Å². The van der Waals surface area contributed by atoms with Crippen molar-refractivity contribution in [3.8, 4) is 0 Å². The van der Waals surface area contributed by atoms with Gasteiger partial charge in [-0.3, -0.25) is 0 Å². The third-order valence-electron chi connectivity index (χ3n) is 3.76. The molecule has 2 unspecified atom stereocenters. The molecule has 0 saturated heterocycles. The lowest BCUT2D eigenvalue weighted by molar-refractivity contribution is -0.00405. The highest BCUT2D eigenvalue weighted by Gasteiger charge is 2.49. The Bertz CT molecular complexity index is 399. The summed E-state index contributed by atoms with van der Waals surface area (Å²) >= 11 is 0. The Morgan fingerprint density at radius 1 is 1.31 bits per heavy atom. The van der Waals surface area contributed by atoms with Gasteiger partial charge in [0.05, 0.1) is 5.60 Å². The zero-order chi connectivity index (χ0) is 12.0. The predicted octanol–water partition coefficient (Wildman–Crippen LogP) is 3.47. The number of hydrogen-bond acceptors (Lipinski definition) is 1. The Morgan fingerprint density at radius 3 is 2.44 bits per heavy atom. The fourth-order valence-electron chi connectivity index (χ4n) is 3.15. The van der Waals surface area contributed by atoms with E-state index in [4.69, 9.17) is 0 Å². The Hall–Kier alpha value is -0.890. The van der Waals surface area contributed by atoms with Crippen molar-refractivity contribution in [2.24, 2.45) is 11.3 Å². The van der Waals surface area contributed by atoms with E-state index in [0.29, 0.717) is 12.0 Å². The maximum Gasteiger partial charge on any atom is 0.129 e. The standard InChI is InChI=1S/C14H19FO/c1-10-8-13(2,3)9-14(10,16)11-6-4-5-7-12(11)15/h4-7,10,16H,8-9H2,1-3H3. The van der Waals surface area contributed by atoms with Crippen molar-refractivity contribution in [3.05, 3.63) is 35.6 Å². The second-order valence-electron chi connectivity index (χ2n) is 5.85. The molecule has 0 aromatic heterocycles. The monoisotopic (exact) mass is 222 g/mol. The van der Waals surface area contributed by atoms with Gasteiger partial charge in [-0.05, 0) is 30.2 Å². The van der Waals surface area contributed by atoms with Crippen molar-refractivity contribution in [1.29, 1.82) is 0 Å². The fourth-order valence-corrected chi connectivity index (χ4v) is 3.15. The number of rotatable bonds is 1. The molecular formula is C14H19FO. The van der Waals surface area contributed by atoms with Crippen molar-refractivity contribution < 1.29 is 9.50 Å². The topological polar surface area (TPSA) is 20.2 Å². The average Bonchev–Trinajstić information content (AvgIpc) is 2.36. The van der Waals surface area contributed by atoms with Gasteiger partial charge in [0.2, 0.25) is 0 Å². The summed E-state index contributed by atoms with van der Waals surface area (Å²) in [5, 5.41) is 10.7. The van der Waals surface area contributed by atoms with Crippen LogP contribution in [0.15, 0.2) is 24.3 Å².